The summed E-state index contributed by atoms with van der Waals surface area (Å²) in [7, 11) is 0. The molecule has 0 aromatic heterocycles. The van der Waals surface area contributed by atoms with Crippen molar-refractivity contribution >= 4 is 11.7 Å². The van der Waals surface area contributed by atoms with Crippen molar-refractivity contribution in [3.8, 4) is 0 Å². The smallest absolute Gasteiger partial charge is 0.292 e. The number of carbonyl (C=O) groups is 2. The lowest BCUT2D eigenvalue weighted by Crippen LogP contribution is -2.37. The minimum atomic E-state index is -0.498. The van der Waals surface area contributed by atoms with Crippen LogP contribution in [0.5, 0.6) is 0 Å². The highest BCUT2D eigenvalue weighted by atomic mass is 16.2. The normalized spacial score (nSPS) is 15.0. The number of carbonyl (C=O) groups excluding carboxylic acids is 2. The summed E-state index contributed by atoms with van der Waals surface area (Å²) in [5.41, 5.74) is 3.04. The quantitative estimate of drug-likeness (QED) is 0.653. The Labute approximate surface area is 108 Å². The summed E-state index contributed by atoms with van der Waals surface area (Å²) in [5, 5.41) is 2.71. The summed E-state index contributed by atoms with van der Waals surface area (Å²) in [6, 6.07) is 5.66. The Bertz CT molecular complexity index is 479. The largest absolute Gasteiger partial charge is 0.347 e. The SMILES string of the molecule is CCC(C)NC(=O)C(=O)c1ccc2c(c1)CCC2. The molecule has 1 amide bonds. The molecule has 0 saturated heterocycles. The summed E-state index contributed by atoms with van der Waals surface area (Å²) in [4.78, 5) is 23.7. The predicted molar refractivity (Wildman–Crippen MR) is 70.7 cm³/mol. The predicted octanol–water partition coefficient (Wildman–Crippen LogP) is 2.27. The van der Waals surface area contributed by atoms with E-state index in [9.17, 15) is 9.59 Å². The Hall–Kier alpha value is -1.64. The molecule has 1 unspecified atom stereocenters. The lowest BCUT2D eigenvalue weighted by molar-refractivity contribution is -0.117. The van der Waals surface area contributed by atoms with Crippen LogP contribution in [0.15, 0.2) is 18.2 Å². The first-order valence-corrected chi connectivity index (χ1v) is 6.58. The van der Waals surface area contributed by atoms with E-state index in [1.807, 2.05) is 26.0 Å². The van der Waals surface area contributed by atoms with Crippen LogP contribution in [0.2, 0.25) is 0 Å². The fourth-order valence-electron chi connectivity index (χ4n) is 2.24. The summed E-state index contributed by atoms with van der Waals surface area (Å²) in [6.45, 7) is 3.87. The molecule has 0 bridgehead atoms. The Morgan fingerprint density at radius 1 is 1.28 bits per heavy atom. The number of Topliss-reactive ketones (excluding diaryl/α,β-unsaturated/α-hetero) is 1. The molecule has 0 aliphatic heterocycles. The fraction of sp³-hybridized carbons (Fsp3) is 0.467. The average Bonchev–Trinajstić information content (AvgIpc) is 2.84. The zero-order valence-electron chi connectivity index (χ0n) is 11.0. The lowest BCUT2D eigenvalue weighted by atomic mass is 10.0. The van der Waals surface area contributed by atoms with E-state index in [1.165, 1.54) is 11.1 Å². The zero-order chi connectivity index (χ0) is 13.1. The van der Waals surface area contributed by atoms with E-state index in [0.29, 0.717) is 5.56 Å². The molecule has 0 radical (unpaired) electrons. The zero-order valence-corrected chi connectivity index (χ0v) is 11.0. The van der Waals surface area contributed by atoms with Crippen molar-refractivity contribution in [2.75, 3.05) is 0 Å². The van der Waals surface area contributed by atoms with Crippen LogP contribution in [0.1, 0.15) is 48.2 Å². The van der Waals surface area contributed by atoms with Gasteiger partial charge in [0.2, 0.25) is 5.78 Å². The number of fused-ring (bicyclic) bond motifs is 1. The summed E-state index contributed by atoms with van der Waals surface area (Å²) < 4.78 is 0. The van der Waals surface area contributed by atoms with Crippen LogP contribution in [0.25, 0.3) is 0 Å². The number of hydrogen-bond donors (Lipinski definition) is 1. The topological polar surface area (TPSA) is 46.2 Å². The molecule has 0 heterocycles. The number of hydrogen-bond acceptors (Lipinski definition) is 2. The molecule has 2 rings (SSSR count). The highest BCUT2D eigenvalue weighted by Crippen LogP contribution is 2.22. The number of benzene rings is 1. The van der Waals surface area contributed by atoms with E-state index >= 15 is 0 Å². The Morgan fingerprint density at radius 3 is 2.72 bits per heavy atom. The van der Waals surface area contributed by atoms with Crippen molar-refractivity contribution in [2.45, 2.75) is 45.6 Å². The second-order valence-corrected chi connectivity index (χ2v) is 4.95. The molecular weight excluding hydrogens is 226 g/mol. The number of ketones is 1. The van der Waals surface area contributed by atoms with Gasteiger partial charge in [0.25, 0.3) is 5.91 Å². The number of rotatable bonds is 4. The Balaban J connectivity index is 2.11. The van der Waals surface area contributed by atoms with Crippen LogP contribution in [0.3, 0.4) is 0 Å². The molecule has 1 aromatic carbocycles. The molecule has 96 valence electrons. The lowest BCUT2D eigenvalue weighted by Gasteiger charge is -2.10. The van der Waals surface area contributed by atoms with E-state index in [1.54, 1.807) is 6.07 Å². The second kappa shape index (κ2) is 5.34. The van der Waals surface area contributed by atoms with Crippen molar-refractivity contribution in [1.29, 1.82) is 0 Å². The standard InChI is InChI=1S/C15H19NO2/c1-3-10(2)16-15(18)14(17)13-8-7-11-5-4-6-12(11)9-13/h7-10H,3-6H2,1-2H3,(H,16,18). The van der Waals surface area contributed by atoms with Crippen molar-refractivity contribution in [3.05, 3.63) is 34.9 Å². The maximum atomic E-state index is 12.0. The van der Waals surface area contributed by atoms with E-state index < -0.39 is 11.7 Å². The van der Waals surface area contributed by atoms with Gasteiger partial charge < -0.3 is 5.32 Å². The molecule has 1 atom stereocenters. The van der Waals surface area contributed by atoms with Crippen LogP contribution >= 0.6 is 0 Å². The van der Waals surface area contributed by atoms with Gasteiger partial charge in [0.15, 0.2) is 0 Å². The third-order valence-corrected chi connectivity index (χ3v) is 3.56. The van der Waals surface area contributed by atoms with Gasteiger partial charge in [-0.15, -0.1) is 0 Å². The van der Waals surface area contributed by atoms with Crippen LogP contribution in [0.4, 0.5) is 0 Å². The minimum absolute atomic E-state index is 0.0378. The molecule has 1 aromatic rings. The van der Waals surface area contributed by atoms with Crippen molar-refractivity contribution in [1.82, 2.24) is 5.32 Å². The van der Waals surface area contributed by atoms with Crippen molar-refractivity contribution in [2.24, 2.45) is 0 Å². The molecule has 0 saturated carbocycles. The number of nitrogens with one attached hydrogen (secondary N) is 1. The van der Waals surface area contributed by atoms with Gasteiger partial charge in [0.05, 0.1) is 0 Å². The Kier molecular flexibility index (Phi) is 3.80. The maximum Gasteiger partial charge on any atom is 0.292 e. The highest BCUT2D eigenvalue weighted by molar-refractivity contribution is 6.42. The first kappa shape index (κ1) is 12.8. The van der Waals surface area contributed by atoms with Gasteiger partial charge in [-0.2, -0.15) is 0 Å². The molecule has 1 aliphatic carbocycles. The van der Waals surface area contributed by atoms with Crippen molar-refractivity contribution in [3.63, 3.8) is 0 Å². The molecule has 0 spiro atoms. The Morgan fingerprint density at radius 2 is 2.00 bits per heavy atom. The van der Waals surface area contributed by atoms with Crippen LogP contribution in [-0.2, 0) is 17.6 Å². The fourth-order valence-corrected chi connectivity index (χ4v) is 2.24. The summed E-state index contributed by atoms with van der Waals surface area (Å²) in [5.74, 6) is -0.924. The average molecular weight is 245 g/mol. The molecule has 1 N–H and O–H groups in total. The monoisotopic (exact) mass is 245 g/mol. The van der Waals surface area contributed by atoms with Gasteiger partial charge >= 0.3 is 0 Å². The second-order valence-electron chi connectivity index (χ2n) is 4.95. The van der Waals surface area contributed by atoms with Gasteiger partial charge in [-0.25, -0.2) is 0 Å². The van der Waals surface area contributed by atoms with Gasteiger partial charge in [0.1, 0.15) is 0 Å². The van der Waals surface area contributed by atoms with Crippen LogP contribution in [-0.4, -0.2) is 17.7 Å². The summed E-state index contributed by atoms with van der Waals surface area (Å²) in [6.07, 6.45) is 4.07. The molecule has 0 fully saturated rings. The van der Waals surface area contributed by atoms with Gasteiger partial charge in [0, 0.05) is 11.6 Å². The number of amides is 1. The van der Waals surface area contributed by atoms with E-state index in [4.69, 9.17) is 0 Å². The summed E-state index contributed by atoms with van der Waals surface area (Å²) >= 11 is 0. The third-order valence-electron chi connectivity index (χ3n) is 3.56. The molecule has 3 heteroatoms. The third kappa shape index (κ3) is 2.61. The number of aryl methyl sites for hydroxylation is 2. The van der Waals surface area contributed by atoms with E-state index in [0.717, 1.165) is 25.7 Å². The van der Waals surface area contributed by atoms with Crippen molar-refractivity contribution < 1.29 is 9.59 Å². The van der Waals surface area contributed by atoms with Gasteiger partial charge in [-0.3, -0.25) is 9.59 Å². The highest BCUT2D eigenvalue weighted by Gasteiger charge is 2.20. The maximum absolute atomic E-state index is 12.0. The van der Waals surface area contributed by atoms with Crippen LogP contribution < -0.4 is 5.32 Å². The molecule has 18 heavy (non-hydrogen) atoms. The van der Waals surface area contributed by atoms with E-state index in [-0.39, 0.29) is 6.04 Å². The first-order chi connectivity index (χ1) is 8.61. The first-order valence-electron chi connectivity index (χ1n) is 6.58. The van der Waals surface area contributed by atoms with Gasteiger partial charge in [-0.1, -0.05) is 19.1 Å². The molecule has 3 nitrogen and oxygen atoms in total. The van der Waals surface area contributed by atoms with Gasteiger partial charge in [-0.05, 0) is 49.8 Å². The van der Waals surface area contributed by atoms with Crippen LogP contribution in [0, 0.1) is 0 Å². The molecular formula is C15H19NO2. The van der Waals surface area contributed by atoms with E-state index in [2.05, 4.69) is 5.32 Å². The molecule has 1 aliphatic rings. The minimum Gasteiger partial charge on any atom is -0.347 e.